The molecule has 0 aliphatic heterocycles. The maximum atomic E-state index is 12.1. The van der Waals surface area contributed by atoms with E-state index in [-0.39, 0.29) is 6.61 Å². The molecule has 0 atom stereocenters. The van der Waals surface area contributed by atoms with Crippen molar-refractivity contribution >= 4 is 5.97 Å². The molecule has 21 heavy (non-hydrogen) atoms. The Kier molecular flexibility index (Phi) is 4.82. The zero-order valence-electron chi connectivity index (χ0n) is 12.4. The van der Waals surface area contributed by atoms with Crippen LogP contribution < -0.4 is 9.47 Å². The van der Waals surface area contributed by atoms with Crippen LogP contribution in [0.1, 0.15) is 21.5 Å². The highest BCUT2D eigenvalue weighted by atomic mass is 16.5. The third-order valence-corrected chi connectivity index (χ3v) is 3.10. The molecule has 0 N–H and O–H groups in total. The Balaban J connectivity index is 2.05. The van der Waals surface area contributed by atoms with Gasteiger partial charge in [-0.3, -0.25) is 0 Å². The van der Waals surface area contributed by atoms with Crippen LogP contribution in [0, 0.1) is 6.92 Å². The monoisotopic (exact) mass is 286 g/mol. The number of hydrogen-bond acceptors (Lipinski definition) is 4. The summed E-state index contributed by atoms with van der Waals surface area (Å²) in [6.07, 6.45) is 0. The molecule has 0 saturated heterocycles. The second-order valence-corrected chi connectivity index (χ2v) is 4.63. The minimum absolute atomic E-state index is 0.208. The quantitative estimate of drug-likeness (QED) is 0.790. The summed E-state index contributed by atoms with van der Waals surface area (Å²) in [5.41, 5.74) is 2.31. The average Bonchev–Trinajstić information content (AvgIpc) is 2.53. The van der Waals surface area contributed by atoms with E-state index in [1.165, 1.54) is 7.11 Å². The van der Waals surface area contributed by atoms with Crippen LogP contribution in [0.25, 0.3) is 0 Å². The van der Waals surface area contributed by atoms with Crippen LogP contribution in [0.5, 0.6) is 11.5 Å². The fourth-order valence-electron chi connectivity index (χ4n) is 1.93. The van der Waals surface area contributed by atoms with Gasteiger partial charge in [-0.25, -0.2) is 4.79 Å². The highest BCUT2D eigenvalue weighted by molar-refractivity contribution is 5.92. The summed E-state index contributed by atoms with van der Waals surface area (Å²) in [5.74, 6) is 0.886. The zero-order valence-corrected chi connectivity index (χ0v) is 12.4. The highest BCUT2D eigenvalue weighted by Crippen LogP contribution is 2.21. The number of benzene rings is 2. The number of carbonyl (C=O) groups excluding carboxylic acids is 1. The second-order valence-electron chi connectivity index (χ2n) is 4.63. The lowest BCUT2D eigenvalue weighted by Gasteiger charge is -2.10. The Morgan fingerprint density at radius 3 is 2.33 bits per heavy atom. The maximum Gasteiger partial charge on any atom is 0.342 e. The van der Waals surface area contributed by atoms with Crippen molar-refractivity contribution in [1.82, 2.24) is 0 Å². The Morgan fingerprint density at radius 2 is 1.71 bits per heavy atom. The van der Waals surface area contributed by atoms with Gasteiger partial charge in [0.05, 0.1) is 14.2 Å². The van der Waals surface area contributed by atoms with E-state index in [4.69, 9.17) is 14.2 Å². The van der Waals surface area contributed by atoms with Crippen molar-refractivity contribution < 1.29 is 19.0 Å². The van der Waals surface area contributed by atoms with Crippen molar-refractivity contribution in [3.8, 4) is 11.5 Å². The molecule has 0 amide bonds. The minimum Gasteiger partial charge on any atom is -0.497 e. The van der Waals surface area contributed by atoms with E-state index in [0.29, 0.717) is 11.3 Å². The largest absolute Gasteiger partial charge is 0.497 e. The van der Waals surface area contributed by atoms with E-state index in [1.807, 2.05) is 37.3 Å². The third kappa shape index (κ3) is 3.75. The molecule has 0 fully saturated rings. The summed E-state index contributed by atoms with van der Waals surface area (Å²) in [7, 11) is 3.14. The van der Waals surface area contributed by atoms with Crippen LogP contribution in [-0.2, 0) is 11.3 Å². The molecule has 4 nitrogen and oxygen atoms in total. The van der Waals surface area contributed by atoms with Gasteiger partial charge in [-0.2, -0.15) is 0 Å². The van der Waals surface area contributed by atoms with Gasteiger partial charge in [0.15, 0.2) is 0 Å². The van der Waals surface area contributed by atoms with E-state index in [9.17, 15) is 4.79 Å². The molecule has 110 valence electrons. The number of rotatable bonds is 5. The van der Waals surface area contributed by atoms with Crippen molar-refractivity contribution in [2.75, 3.05) is 14.2 Å². The first-order valence-electron chi connectivity index (χ1n) is 6.58. The van der Waals surface area contributed by atoms with Crippen LogP contribution in [0.2, 0.25) is 0 Å². The molecular weight excluding hydrogens is 268 g/mol. The van der Waals surface area contributed by atoms with Gasteiger partial charge in [0.1, 0.15) is 23.7 Å². The molecule has 0 unspecified atom stereocenters. The van der Waals surface area contributed by atoms with Gasteiger partial charge >= 0.3 is 5.97 Å². The molecule has 2 rings (SSSR count). The zero-order chi connectivity index (χ0) is 15.2. The molecule has 0 spiro atoms. The van der Waals surface area contributed by atoms with Gasteiger partial charge in [-0.05, 0) is 36.8 Å². The number of hydrogen-bond donors (Lipinski definition) is 0. The molecule has 2 aromatic carbocycles. The Bertz CT molecular complexity index is 617. The molecule has 0 saturated carbocycles. The number of ether oxygens (including phenoxy) is 3. The molecule has 0 radical (unpaired) electrons. The Morgan fingerprint density at radius 1 is 1.00 bits per heavy atom. The van der Waals surface area contributed by atoms with Gasteiger partial charge in [0.2, 0.25) is 0 Å². The number of methoxy groups -OCH3 is 2. The lowest BCUT2D eigenvalue weighted by atomic mass is 10.1. The molecule has 4 heteroatoms. The predicted octanol–water partition coefficient (Wildman–Crippen LogP) is 3.37. The first-order valence-corrected chi connectivity index (χ1v) is 6.58. The Hall–Kier alpha value is -2.49. The maximum absolute atomic E-state index is 12.1. The summed E-state index contributed by atoms with van der Waals surface area (Å²) < 4.78 is 15.6. The van der Waals surface area contributed by atoms with Crippen LogP contribution in [0.3, 0.4) is 0 Å². The van der Waals surface area contributed by atoms with E-state index in [0.717, 1.165) is 16.9 Å². The minimum atomic E-state index is -0.397. The summed E-state index contributed by atoms with van der Waals surface area (Å²) in [6.45, 7) is 2.12. The lowest BCUT2D eigenvalue weighted by molar-refractivity contribution is 0.0469. The number of aryl methyl sites for hydroxylation is 1. The van der Waals surface area contributed by atoms with Crippen LogP contribution in [0.4, 0.5) is 0 Å². The number of esters is 1. The summed E-state index contributed by atoms with van der Waals surface area (Å²) in [4.78, 5) is 12.1. The molecule has 0 bridgehead atoms. The fraction of sp³-hybridized carbons (Fsp3) is 0.235. The predicted molar refractivity (Wildman–Crippen MR) is 79.8 cm³/mol. The van der Waals surface area contributed by atoms with E-state index < -0.39 is 5.97 Å². The second kappa shape index (κ2) is 6.79. The van der Waals surface area contributed by atoms with E-state index >= 15 is 0 Å². The standard InChI is InChI=1S/C17H18O4/c1-12-4-9-16(20-3)15(10-12)17(18)21-11-13-5-7-14(19-2)8-6-13/h4-10H,11H2,1-3H3. The van der Waals surface area contributed by atoms with Gasteiger partial charge < -0.3 is 14.2 Å². The Labute approximate surface area is 124 Å². The van der Waals surface area contributed by atoms with Crippen molar-refractivity contribution in [2.45, 2.75) is 13.5 Å². The summed E-state index contributed by atoms with van der Waals surface area (Å²) in [6, 6.07) is 12.8. The summed E-state index contributed by atoms with van der Waals surface area (Å²) >= 11 is 0. The van der Waals surface area contributed by atoms with Gasteiger partial charge in [-0.1, -0.05) is 23.8 Å². The normalized spacial score (nSPS) is 10.0. The topological polar surface area (TPSA) is 44.8 Å². The molecule has 0 aliphatic carbocycles. The van der Waals surface area contributed by atoms with Gasteiger partial charge in [0, 0.05) is 0 Å². The van der Waals surface area contributed by atoms with Crippen LogP contribution in [-0.4, -0.2) is 20.2 Å². The molecule has 0 heterocycles. The van der Waals surface area contributed by atoms with Crippen molar-refractivity contribution in [3.63, 3.8) is 0 Å². The summed E-state index contributed by atoms with van der Waals surface area (Å²) in [5, 5.41) is 0. The number of carbonyl (C=O) groups is 1. The van der Waals surface area contributed by atoms with Crippen molar-refractivity contribution in [1.29, 1.82) is 0 Å². The SMILES string of the molecule is COc1ccc(COC(=O)c2cc(C)ccc2OC)cc1. The van der Waals surface area contributed by atoms with Crippen LogP contribution in [0.15, 0.2) is 42.5 Å². The molecule has 0 aromatic heterocycles. The fourth-order valence-corrected chi connectivity index (χ4v) is 1.93. The molecule has 2 aromatic rings. The highest BCUT2D eigenvalue weighted by Gasteiger charge is 2.14. The first kappa shape index (κ1) is 14.9. The van der Waals surface area contributed by atoms with Gasteiger partial charge in [0.25, 0.3) is 0 Å². The van der Waals surface area contributed by atoms with Crippen molar-refractivity contribution in [3.05, 3.63) is 59.2 Å². The van der Waals surface area contributed by atoms with E-state index in [1.54, 1.807) is 19.2 Å². The van der Waals surface area contributed by atoms with Crippen LogP contribution >= 0.6 is 0 Å². The van der Waals surface area contributed by atoms with Gasteiger partial charge in [-0.15, -0.1) is 0 Å². The molecular formula is C17H18O4. The first-order chi connectivity index (χ1) is 10.1. The van der Waals surface area contributed by atoms with E-state index in [2.05, 4.69) is 0 Å². The smallest absolute Gasteiger partial charge is 0.342 e. The average molecular weight is 286 g/mol. The molecule has 0 aliphatic rings. The van der Waals surface area contributed by atoms with Crippen molar-refractivity contribution in [2.24, 2.45) is 0 Å². The lowest BCUT2D eigenvalue weighted by Crippen LogP contribution is -2.07. The third-order valence-electron chi connectivity index (χ3n) is 3.10.